The van der Waals surface area contributed by atoms with Crippen molar-refractivity contribution < 1.29 is 27.1 Å². The van der Waals surface area contributed by atoms with Crippen LogP contribution in [0.25, 0.3) is 0 Å². The number of carbonyl (C=O) groups is 1. The Morgan fingerprint density at radius 2 is 2.05 bits per heavy atom. The fraction of sp³-hybridized carbons (Fsp3) is 0.417. The van der Waals surface area contributed by atoms with Crippen molar-refractivity contribution >= 4 is 27.6 Å². The van der Waals surface area contributed by atoms with Crippen molar-refractivity contribution in [2.45, 2.75) is 37.1 Å². The normalized spacial score (nSPS) is 15.0. The number of hydrogen-bond donors (Lipinski definition) is 2. The van der Waals surface area contributed by atoms with Gasteiger partial charge in [0.2, 0.25) is 10.0 Å². The number of aryl methyl sites for hydroxylation is 1. The van der Waals surface area contributed by atoms with Gasteiger partial charge in [0.25, 0.3) is 6.43 Å². The summed E-state index contributed by atoms with van der Waals surface area (Å²) in [7, 11) is -4.39. The van der Waals surface area contributed by atoms with Crippen LogP contribution in [0.1, 0.15) is 18.9 Å². The van der Waals surface area contributed by atoms with Crippen molar-refractivity contribution in [3.8, 4) is 0 Å². The lowest BCUT2D eigenvalue weighted by atomic mass is 10.0. The van der Waals surface area contributed by atoms with Crippen molar-refractivity contribution in [3.05, 3.63) is 28.8 Å². The zero-order chi connectivity index (χ0) is 16.4. The molecular formula is C12H14ClF2NO4S. The SMILES string of the molecule is Cc1ccc(Cl)c(S(=O)(=O)NC(C)(CC(=O)O)C(F)F)c1. The van der Waals surface area contributed by atoms with Crippen LogP contribution in [-0.4, -0.2) is 31.5 Å². The second kappa shape index (κ2) is 6.25. The molecule has 0 saturated carbocycles. The lowest BCUT2D eigenvalue weighted by Crippen LogP contribution is -2.52. The van der Waals surface area contributed by atoms with Crippen molar-refractivity contribution in [3.63, 3.8) is 0 Å². The minimum Gasteiger partial charge on any atom is -0.481 e. The molecule has 0 fully saturated rings. The molecule has 1 unspecified atom stereocenters. The van der Waals surface area contributed by atoms with Crippen LogP contribution in [-0.2, 0) is 14.8 Å². The topological polar surface area (TPSA) is 83.5 Å². The molecule has 0 bridgehead atoms. The number of nitrogens with one attached hydrogen (secondary N) is 1. The van der Waals surface area contributed by atoms with Crippen molar-refractivity contribution in [1.29, 1.82) is 0 Å². The molecule has 2 N–H and O–H groups in total. The minimum absolute atomic E-state index is 0.139. The molecule has 1 atom stereocenters. The lowest BCUT2D eigenvalue weighted by Gasteiger charge is -2.28. The second-order valence-electron chi connectivity index (χ2n) is 4.83. The molecule has 0 radical (unpaired) electrons. The average molecular weight is 342 g/mol. The number of alkyl halides is 2. The first kappa shape index (κ1) is 17.8. The molecule has 1 rings (SSSR count). The van der Waals surface area contributed by atoms with Crippen LogP contribution < -0.4 is 4.72 Å². The van der Waals surface area contributed by atoms with Gasteiger partial charge in [-0.3, -0.25) is 4.79 Å². The van der Waals surface area contributed by atoms with Gasteiger partial charge in [-0.2, -0.15) is 4.72 Å². The summed E-state index contributed by atoms with van der Waals surface area (Å²) in [5.41, 5.74) is -1.87. The zero-order valence-electron chi connectivity index (χ0n) is 11.2. The monoisotopic (exact) mass is 341 g/mol. The van der Waals surface area contributed by atoms with Crippen LogP contribution in [0.2, 0.25) is 5.02 Å². The highest BCUT2D eigenvalue weighted by atomic mass is 35.5. The molecule has 9 heteroatoms. The predicted molar refractivity (Wildman–Crippen MR) is 73.2 cm³/mol. The quantitative estimate of drug-likeness (QED) is 0.832. The Morgan fingerprint density at radius 3 is 2.52 bits per heavy atom. The molecule has 0 aromatic heterocycles. The Bertz CT molecular complexity index is 651. The van der Waals surface area contributed by atoms with E-state index in [2.05, 4.69) is 0 Å². The van der Waals surface area contributed by atoms with Crippen molar-refractivity contribution in [2.75, 3.05) is 0 Å². The number of hydrogen-bond acceptors (Lipinski definition) is 3. The third-order valence-corrected chi connectivity index (χ3v) is 4.84. The summed E-state index contributed by atoms with van der Waals surface area (Å²) in [5.74, 6) is -1.55. The van der Waals surface area contributed by atoms with E-state index in [0.29, 0.717) is 5.56 Å². The van der Waals surface area contributed by atoms with E-state index in [1.54, 1.807) is 17.7 Å². The number of rotatable bonds is 6. The van der Waals surface area contributed by atoms with Crippen LogP contribution in [0.5, 0.6) is 0 Å². The van der Waals surface area contributed by atoms with Gasteiger partial charge in [-0.05, 0) is 31.5 Å². The van der Waals surface area contributed by atoms with Gasteiger partial charge in [0.15, 0.2) is 0 Å². The lowest BCUT2D eigenvalue weighted by molar-refractivity contribution is -0.140. The number of benzene rings is 1. The minimum atomic E-state index is -4.39. The van der Waals surface area contributed by atoms with E-state index in [-0.39, 0.29) is 9.92 Å². The molecular weight excluding hydrogens is 328 g/mol. The smallest absolute Gasteiger partial charge is 0.305 e. The third kappa shape index (κ3) is 4.36. The maximum Gasteiger partial charge on any atom is 0.305 e. The maximum atomic E-state index is 13.0. The second-order valence-corrected chi connectivity index (χ2v) is 6.89. The van der Waals surface area contributed by atoms with E-state index in [0.717, 1.165) is 6.92 Å². The molecule has 118 valence electrons. The van der Waals surface area contributed by atoms with E-state index in [9.17, 15) is 22.0 Å². The largest absolute Gasteiger partial charge is 0.481 e. The number of carboxylic acids is 1. The molecule has 0 aliphatic carbocycles. The van der Waals surface area contributed by atoms with Gasteiger partial charge >= 0.3 is 5.97 Å². The number of aliphatic carboxylic acids is 1. The Balaban J connectivity index is 3.24. The molecule has 0 spiro atoms. The molecule has 0 aliphatic heterocycles. The van der Waals surface area contributed by atoms with E-state index >= 15 is 0 Å². The van der Waals surface area contributed by atoms with Gasteiger partial charge < -0.3 is 5.11 Å². The standard InChI is InChI=1S/C12H14ClF2NO4S/c1-7-3-4-8(13)9(5-7)21(19,20)16-12(2,11(14)15)6-10(17)18/h3-5,11,16H,6H2,1-2H3,(H,17,18). The highest BCUT2D eigenvalue weighted by molar-refractivity contribution is 7.89. The first-order chi connectivity index (χ1) is 9.48. The van der Waals surface area contributed by atoms with Crippen LogP contribution in [0.3, 0.4) is 0 Å². The average Bonchev–Trinajstić information content (AvgIpc) is 2.30. The van der Waals surface area contributed by atoms with E-state index in [1.165, 1.54) is 12.1 Å². The summed E-state index contributed by atoms with van der Waals surface area (Å²) in [6, 6.07) is 4.10. The summed E-state index contributed by atoms with van der Waals surface area (Å²) < 4.78 is 52.2. The molecule has 0 heterocycles. The van der Waals surface area contributed by atoms with Gasteiger partial charge in [0.1, 0.15) is 10.4 Å². The Hall–Kier alpha value is -1.25. The summed E-state index contributed by atoms with van der Waals surface area (Å²) >= 11 is 5.77. The van der Waals surface area contributed by atoms with Crippen LogP contribution in [0, 0.1) is 6.92 Å². The first-order valence-corrected chi connectivity index (χ1v) is 7.64. The molecule has 1 aromatic rings. The predicted octanol–water partition coefficient (Wildman–Crippen LogP) is 2.43. The summed E-state index contributed by atoms with van der Waals surface area (Å²) in [6.07, 6.45) is -4.26. The van der Waals surface area contributed by atoms with Gasteiger partial charge in [-0.15, -0.1) is 0 Å². The molecule has 0 amide bonds. The number of carboxylic acid groups (broad SMARTS) is 1. The number of halogens is 3. The molecule has 0 saturated heterocycles. The molecule has 5 nitrogen and oxygen atoms in total. The Kier molecular flexibility index (Phi) is 5.30. The zero-order valence-corrected chi connectivity index (χ0v) is 12.8. The van der Waals surface area contributed by atoms with Crippen LogP contribution in [0.4, 0.5) is 8.78 Å². The fourth-order valence-electron chi connectivity index (χ4n) is 1.65. The van der Waals surface area contributed by atoms with Gasteiger partial charge in [0.05, 0.1) is 11.4 Å². The van der Waals surface area contributed by atoms with Crippen LogP contribution >= 0.6 is 11.6 Å². The highest BCUT2D eigenvalue weighted by Gasteiger charge is 2.41. The van der Waals surface area contributed by atoms with Crippen molar-refractivity contribution in [2.24, 2.45) is 0 Å². The summed E-state index contributed by atoms with van der Waals surface area (Å²) in [5, 5.41) is 8.53. The first-order valence-electron chi connectivity index (χ1n) is 5.78. The Labute approximate surface area is 126 Å². The van der Waals surface area contributed by atoms with Crippen LogP contribution in [0.15, 0.2) is 23.1 Å². The van der Waals surface area contributed by atoms with Crippen molar-refractivity contribution in [1.82, 2.24) is 4.72 Å². The fourth-order valence-corrected chi connectivity index (χ4v) is 3.62. The van der Waals surface area contributed by atoms with Gasteiger partial charge in [-0.25, -0.2) is 17.2 Å². The molecule has 1 aromatic carbocycles. The van der Waals surface area contributed by atoms with E-state index in [1.807, 2.05) is 0 Å². The number of sulfonamides is 1. The van der Waals surface area contributed by atoms with Gasteiger partial charge in [-0.1, -0.05) is 17.7 Å². The summed E-state index contributed by atoms with van der Waals surface area (Å²) in [4.78, 5) is 10.3. The molecule has 21 heavy (non-hydrogen) atoms. The van der Waals surface area contributed by atoms with Gasteiger partial charge in [0, 0.05) is 0 Å². The highest BCUT2D eigenvalue weighted by Crippen LogP contribution is 2.27. The third-order valence-electron chi connectivity index (χ3n) is 2.74. The van der Waals surface area contributed by atoms with E-state index < -0.39 is 34.4 Å². The molecule has 0 aliphatic rings. The summed E-state index contributed by atoms with van der Waals surface area (Å²) in [6.45, 7) is 2.44. The maximum absolute atomic E-state index is 13.0. The van der Waals surface area contributed by atoms with E-state index in [4.69, 9.17) is 16.7 Å². The Morgan fingerprint density at radius 1 is 1.48 bits per heavy atom.